The average molecular weight is 394 g/mol. The van der Waals surface area contributed by atoms with Crippen LogP contribution in [0.5, 0.6) is 0 Å². The predicted molar refractivity (Wildman–Crippen MR) is 105 cm³/mol. The zero-order chi connectivity index (χ0) is 20.1. The summed E-state index contributed by atoms with van der Waals surface area (Å²) in [5.41, 5.74) is 5.44. The highest BCUT2D eigenvalue weighted by molar-refractivity contribution is 5.88. The number of fused-ring (bicyclic) bond motifs is 1. The molecule has 7 nitrogen and oxygen atoms in total. The first-order chi connectivity index (χ1) is 13.5. The number of rotatable bonds is 6. The summed E-state index contributed by atoms with van der Waals surface area (Å²) >= 11 is 0. The Morgan fingerprint density at radius 1 is 1.18 bits per heavy atom. The number of nitrogens with two attached hydrogens (primary N) is 1. The molecule has 5 atom stereocenters. The summed E-state index contributed by atoms with van der Waals surface area (Å²) in [5.74, 6) is 0.636. The molecule has 2 saturated carbocycles. The molecule has 3 fully saturated rings. The molecule has 0 aromatic rings. The van der Waals surface area contributed by atoms with Crippen LogP contribution in [0, 0.1) is 17.8 Å². The van der Waals surface area contributed by atoms with Crippen molar-refractivity contribution in [1.29, 1.82) is 0 Å². The van der Waals surface area contributed by atoms with Crippen molar-refractivity contribution >= 4 is 17.8 Å². The first kappa shape index (κ1) is 21.1. The van der Waals surface area contributed by atoms with Gasteiger partial charge in [-0.15, -0.1) is 0 Å². The van der Waals surface area contributed by atoms with Crippen molar-refractivity contribution in [2.75, 3.05) is 6.54 Å². The quantitative estimate of drug-likeness (QED) is 0.594. The molecule has 0 bridgehead atoms. The Labute approximate surface area is 167 Å². The Morgan fingerprint density at radius 3 is 2.64 bits per heavy atom. The third-order valence-corrected chi connectivity index (χ3v) is 6.82. The predicted octanol–water partition coefficient (Wildman–Crippen LogP) is 1.64. The van der Waals surface area contributed by atoms with Crippen LogP contribution in [0.3, 0.4) is 0 Å². The van der Waals surface area contributed by atoms with E-state index in [1.807, 2.05) is 0 Å². The molecule has 7 heteroatoms. The van der Waals surface area contributed by atoms with E-state index in [1.165, 1.54) is 19.3 Å². The molecule has 3 aliphatic rings. The van der Waals surface area contributed by atoms with Crippen LogP contribution in [0.2, 0.25) is 0 Å². The number of nitrogens with one attached hydrogen (secondary N) is 2. The number of carbonyl (C=O) groups excluding carboxylic acids is 3. The van der Waals surface area contributed by atoms with Gasteiger partial charge in [0.15, 0.2) is 0 Å². The Kier molecular flexibility index (Phi) is 7.32. The van der Waals surface area contributed by atoms with Gasteiger partial charge >= 0.3 is 5.97 Å². The van der Waals surface area contributed by atoms with Gasteiger partial charge in [0.05, 0.1) is 6.54 Å². The number of hydrogen-bond acceptors (Lipinski definition) is 5. The molecule has 5 unspecified atom stereocenters. The summed E-state index contributed by atoms with van der Waals surface area (Å²) < 4.78 is 5.56. The molecule has 1 saturated heterocycles. The molecule has 158 valence electrons. The van der Waals surface area contributed by atoms with Crippen molar-refractivity contribution in [2.24, 2.45) is 23.5 Å². The van der Waals surface area contributed by atoms with Crippen molar-refractivity contribution in [3.05, 3.63) is 0 Å². The second-order valence-corrected chi connectivity index (χ2v) is 8.96. The zero-order valence-electron chi connectivity index (χ0n) is 17.0. The molecule has 1 aliphatic heterocycles. The van der Waals surface area contributed by atoms with Gasteiger partial charge in [-0.05, 0) is 37.0 Å². The van der Waals surface area contributed by atoms with E-state index in [9.17, 15) is 14.4 Å². The van der Waals surface area contributed by atoms with Crippen molar-refractivity contribution in [2.45, 2.75) is 89.3 Å². The molecule has 1 heterocycles. The van der Waals surface area contributed by atoms with Crippen LogP contribution in [0.1, 0.15) is 71.1 Å². The molecule has 0 aromatic heterocycles. The van der Waals surface area contributed by atoms with Crippen molar-refractivity contribution in [1.82, 2.24) is 10.6 Å². The van der Waals surface area contributed by atoms with Crippen molar-refractivity contribution in [3.63, 3.8) is 0 Å². The third kappa shape index (κ3) is 5.46. The van der Waals surface area contributed by atoms with Gasteiger partial charge in [0.1, 0.15) is 12.1 Å². The van der Waals surface area contributed by atoms with E-state index in [-0.39, 0.29) is 36.5 Å². The summed E-state index contributed by atoms with van der Waals surface area (Å²) in [6.07, 6.45) is 9.42. The summed E-state index contributed by atoms with van der Waals surface area (Å²) in [7, 11) is 0. The lowest BCUT2D eigenvalue weighted by Gasteiger charge is -2.42. The van der Waals surface area contributed by atoms with Crippen LogP contribution >= 0.6 is 0 Å². The third-order valence-electron chi connectivity index (χ3n) is 6.82. The van der Waals surface area contributed by atoms with Crippen LogP contribution in [-0.2, 0) is 19.1 Å². The Morgan fingerprint density at radius 2 is 1.93 bits per heavy atom. The largest absolute Gasteiger partial charge is 0.462 e. The maximum Gasteiger partial charge on any atom is 0.306 e. The summed E-state index contributed by atoms with van der Waals surface area (Å²) in [6, 6.07) is -0.555. The minimum atomic E-state index is -0.537. The minimum absolute atomic E-state index is 0.0181. The van der Waals surface area contributed by atoms with E-state index < -0.39 is 6.04 Å². The van der Waals surface area contributed by atoms with Crippen molar-refractivity contribution in [3.8, 4) is 0 Å². The molecule has 28 heavy (non-hydrogen) atoms. The van der Waals surface area contributed by atoms with E-state index >= 15 is 0 Å². The smallest absolute Gasteiger partial charge is 0.306 e. The van der Waals surface area contributed by atoms with Gasteiger partial charge in [-0.3, -0.25) is 14.4 Å². The van der Waals surface area contributed by atoms with Gasteiger partial charge in [-0.25, -0.2) is 0 Å². The van der Waals surface area contributed by atoms with Crippen LogP contribution in [0.4, 0.5) is 0 Å². The van der Waals surface area contributed by atoms with E-state index in [1.54, 1.807) is 0 Å². The molecule has 3 rings (SSSR count). The van der Waals surface area contributed by atoms with Gasteiger partial charge in [-0.1, -0.05) is 39.0 Å². The summed E-state index contributed by atoms with van der Waals surface area (Å²) in [6.45, 7) is 2.00. The monoisotopic (exact) mass is 393 g/mol. The number of esters is 1. The molecule has 0 radical (unpaired) electrons. The normalized spacial score (nSPS) is 32.0. The number of hydrogen-bond donors (Lipinski definition) is 3. The SMILES string of the molecule is CC1CC(=O)OC2CC(NC(=O)C(CC3CCCCC3)NC(=O)CN)CCC12. The molecule has 0 aromatic carbocycles. The lowest BCUT2D eigenvalue weighted by molar-refractivity contribution is -0.166. The van der Waals surface area contributed by atoms with E-state index in [4.69, 9.17) is 10.5 Å². The van der Waals surface area contributed by atoms with E-state index in [0.29, 0.717) is 37.0 Å². The molecule has 2 aliphatic carbocycles. The summed E-state index contributed by atoms with van der Waals surface area (Å²) in [4.78, 5) is 36.6. The van der Waals surface area contributed by atoms with Crippen LogP contribution in [-0.4, -0.2) is 42.5 Å². The minimum Gasteiger partial charge on any atom is -0.462 e. The molecular formula is C21H35N3O4. The second kappa shape index (κ2) is 9.72. The first-order valence-electron chi connectivity index (χ1n) is 11.0. The summed E-state index contributed by atoms with van der Waals surface area (Å²) in [5, 5.41) is 5.93. The van der Waals surface area contributed by atoms with Crippen LogP contribution in [0.15, 0.2) is 0 Å². The first-order valence-corrected chi connectivity index (χ1v) is 11.0. The maximum atomic E-state index is 13.0. The van der Waals surface area contributed by atoms with Gasteiger partial charge in [-0.2, -0.15) is 0 Å². The topological polar surface area (TPSA) is 111 Å². The fraction of sp³-hybridized carbons (Fsp3) is 0.857. The number of ether oxygens (including phenoxy) is 1. The molecular weight excluding hydrogens is 358 g/mol. The van der Waals surface area contributed by atoms with Gasteiger partial charge in [0, 0.05) is 18.9 Å². The highest BCUT2D eigenvalue weighted by Gasteiger charge is 2.41. The van der Waals surface area contributed by atoms with Gasteiger partial charge in [0.25, 0.3) is 0 Å². The highest BCUT2D eigenvalue weighted by Crippen LogP contribution is 2.38. The average Bonchev–Trinajstić information content (AvgIpc) is 2.67. The Bertz CT molecular complexity index is 576. The highest BCUT2D eigenvalue weighted by atomic mass is 16.5. The number of carbonyl (C=O) groups is 3. The maximum absolute atomic E-state index is 13.0. The molecule has 2 amide bonds. The Hall–Kier alpha value is -1.63. The van der Waals surface area contributed by atoms with E-state index in [2.05, 4.69) is 17.6 Å². The van der Waals surface area contributed by atoms with Crippen molar-refractivity contribution < 1.29 is 19.1 Å². The second-order valence-electron chi connectivity index (χ2n) is 8.96. The lowest BCUT2D eigenvalue weighted by atomic mass is 9.74. The zero-order valence-corrected chi connectivity index (χ0v) is 17.0. The molecule has 4 N–H and O–H groups in total. The molecule has 0 spiro atoms. The number of amides is 2. The van der Waals surface area contributed by atoms with Gasteiger partial charge in [0.2, 0.25) is 11.8 Å². The fourth-order valence-electron chi connectivity index (χ4n) is 5.24. The standard InChI is InChI=1S/C21H35N3O4/c1-13-9-20(26)28-18-11-15(7-8-16(13)18)23-21(27)17(24-19(25)12-22)10-14-5-3-2-4-6-14/h13-18H,2-12,22H2,1H3,(H,23,27)(H,24,25). The van der Waals surface area contributed by atoms with Crippen LogP contribution < -0.4 is 16.4 Å². The van der Waals surface area contributed by atoms with E-state index in [0.717, 1.165) is 25.7 Å². The fourth-order valence-corrected chi connectivity index (χ4v) is 5.24. The Balaban J connectivity index is 1.57. The lowest BCUT2D eigenvalue weighted by Crippen LogP contribution is -2.54. The van der Waals surface area contributed by atoms with Gasteiger partial charge < -0.3 is 21.1 Å². The van der Waals surface area contributed by atoms with Crippen LogP contribution in [0.25, 0.3) is 0 Å².